The number of pyridine rings is 1. The van der Waals surface area contributed by atoms with Gasteiger partial charge >= 0.3 is 0 Å². The van der Waals surface area contributed by atoms with Crippen LogP contribution in [0.3, 0.4) is 0 Å². The molecule has 0 radical (unpaired) electrons. The first kappa shape index (κ1) is 9.67. The van der Waals surface area contributed by atoms with Gasteiger partial charge in [-0.05, 0) is 15.9 Å². The second-order valence-corrected chi connectivity index (χ2v) is 3.18. The monoisotopic (exact) mass is 256 g/mol. The van der Waals surface area contributed by atoms with Gasteiger partial charge in [0.1, 0.15) is 4.60 Å². The summed E-state index contributed by atoms with van der Waals surface area (Å²) in [5, 5.41) is 0.0356. The van der Waals surface area contributed by atoms with Gasteiger partial charge < -0.3 is 5.73 Å². The van der Waals surface area contributed by atoms with Crippen molar-refractivity contribution in [2.45, 2.75) is 6.43 Å². The largest absolute Gasteiger partial charge is 0.397 e. The van der Waals surface area contributed by atoms with Crippen LogP contribution in [0.2, 0.25) is 5.02 Å². The quantitative estimate of drug-likeness (QED) is 0.786. The fourth-order valence-corrected chi connectivity index (χ4v) is 1.34. The summed E-state index contributed by atoms with van der Waals surface area (Å²) in [4.78, 5) is 3.59. The lowest BCUT2D eigenvalue weighted by atomic mass is 10.2. The van der Waals surface area contributed by atoms with E-state index >= 15 is 0 Å². The fourth-order valence-electron chi connectivity index (χ4n) is 0.700. The first-order chi connectivity index (χ1) is 5.54. The van der Waals surface area contributed by atoms with Gasteiger partial charge in [0.2, 0.25) is 0 Å². The highest BCUT2D eigenvalue weighted by Crippen LogP contribution is 2.34. The van der Waals surface area contributed by atoms with E-state index in [0.29, 0.717) is 0 Å². The predicted octanol–water partition coefficient (Wildman–Crippen LogP) is 3.02. The van der Waals surface area contributed by atoms with E-state index in [0.717, 1.165) is 0 Å². The Balaban J connectivity index is 3.33. The minimum absolute atomic E-state index is 0.0272. The van der Waals surface area contributed by atoms with Crippen molar-refractivity contribution >= 4 is 33.2 Å². The van der Waals surface area contributed by atoms with Gasteiger partial charge in [-0.15, -0.1) is 0 Å². The lowest BCUT2D eigenvalue weighted by molar-refractivity contribution is 0.151. The van der Waals surface area contributed by atoms with Gasteiger partial charge in [-0.2, -0.15) is 0 Å². The third-order valence-electron chi connectivity index (χ3n) is 1.28. The van der Waals surface area contributed by atoms with E-state index in [9.17, 15) is 8.78 Å². The van der Waals surface area contributed by atoms with Crippen molar-refractivity contribution < 1.29 is 8.78 Å². The molecular weight excluding hydrogens is 253 g/mol. The van der Waals surface area contributed by atoms with E-state index in [4.69, 9.17) is 17.3 Å². The molecule has 0 aliphatic heterocycles. The average Bonchev–Trinajstić information content (AvgIpc) is 1.97. The molecule has 12 heavy (non-hydrogen) atoms. The molecule has 0 saturated carbocycles. The second-order valence-electron chi connectivity index (χ2n) is 2.02. The van der Waals surface area contributed by atoms with Crippen molar-refractivity contribution in [1.29, 1.82) is 0 Å². The topological polar surface area (TPSA) is 38.9 Å². The molecule has 1 aromatic rings. The van der Waals surface area contributed by atoms with Gasteiger partial charge in [0.25, 0.3) is 6.43 Å². The molecule has 1 heterocycles. The molecule has 0 bridgehead atoms. The number of hydrogen-bond donors (Lipinski definition) is 1. The average molecular weight is 257 g/mol. The molecule has 1 rings (SSSR count). The van der Waals surface area contributed by atoms with Crippen molar-refractivity contribution in [2.75, 3.05) is 5.73 Å². The summed E-state index contributed by atoms with van der Waals surface area (Å²) in [6, 6.07) is 0. The van der Waals surface area contributed by atoms with Crippen LogP contribution in [0.5, 0.6) is 0 Å². The number of hydrogen-bond acceptors (Lipinski definition) is 2. The van der Waals surface area contributed by atoms with E-state index in [1.807, 2.05) is 0 Å². The first-order valence-electron chi connectivity index (χ1n) is 2.91. The minimum atomic E-state index is -2.68. The van der Waals surface area contributed by atoms with Crippen molar-refractivity contribution in [3.63, 3.8) is 0 Å². The zero-order valence-electron chi connectivity index (χ0n) is 5.69. The van der Waals surface area contributed by atoms with Gasteiger partial charge in [-0.1, -0.05) is 11.6 Å². The van der Waals surface area contributed by atoms with Crippen LogP contribution in [-0.4, -0.2) is 4.98 Å². The highest BCUT2D eigenvalue weighted by atomic mass is 79.9. The highest BCUT2D eigenvalue weighted by Gasteiger charge is 2.18. The Morgan fingerprint density at radius 1 is 1.58 bits per heavy atom. The Labute approximate surface area is 80.9 Å². The summed E-state index contributed by atoms with van der Waals surface area (Å²) in [6.07, 6.45) is -1.46. The summed E-state index contributed by atoms with van der Waals surface area (Å²) in [6.45, 7) is 0. The molecule has 2 nitrogen and oxygen atoms in total. The van der Waals surface area contributed by atoms with E-state index in [-0.39, 0.29) is 20.9 Å². The maximum Gasteiger partial charge on any atom is 0.268 e. The third kappa shape index (κ3) is 1.67. The molecule has 0 fully saturated rings. The summed E-state index contributed by atoms with van der Waals surface area (Å²) in [5.41, 5.74) is 4.81. The maximum absolute atomic E-state index is 12.3. The van der Waals surface area contributed by atoms with Crippen molar-refractivity contribution in [3.05, 3.63) is 21.4 Å². The number of aromatic nitrogens is 1. The number of nitrogens with zero attached hydrogens (tertiary/aromatic N) is 1. The summed E-state index contributed by atoms with van der Waals surface area (Å²) in [7, 11) is 0. The third-order valence-corrected chi connectivity index (χ3v) is 2.21. The molecule has 0 aliphatic carbocycles. The molecule has 0 saturated heterocycles. The minimum Gasteiger partial charge on any atom is -0.397 e. The number of anilines is 1. The molecule has 1 aromatic heterocycles. The lowest BCUT2D eigenvalue weighted by Gasteiger charge is -2.06. The predicted molar refractivity (Wildman–Crippen MR) is 46.3 cm³/mol. The van der Waals surface area contributed by atoms with Crippen molar-refractivity contribution in [2.24, 2.45) is 0 Å². The maximum atomic E-state index is 12.3. The summed E-state index contributed by atoms with van der Waals surface area (Å²) >= 11 is 8.34. The van der Waals surface area contributed by atoms with Crippen LogP contribution < -0.4 is 5.73 Å². The standard InChI is InChI=1S/C6H4BrClF2N2/c7-5-3(6(9)10)4(11)2(8)1-12-5/h1,6H,(H2,11,12). The molecule has 0 amide bonds. The summed E-state index contributed by atoms with van der Waals surface area (Å²) < 4.78 is 24.5. The molecular formula is C6H4BrClF2N2. The Hall–Kier alpha value is -0.420. The second kappa shape index (κ2) is 3.53. The molecule has 0 spiro atoms. The van der Waals surface area contributed by atoms with Crippen LogP contribution in [-0.2, 0) is 0 Å². The molecule has 0 atom stereocenters. The molecule has 2 N–H and O–H groups in total. The van der Waals surface area contributed by atoms with Gasteiger partial charge in [0, 0.05) is 6.20 Å². The zero-order valence-corrected chi connectivity index (χ0v) is 8.03. The molecule has 0 unspecified atom stereocenters. The Bertz CT molecular complexity index is 306. The Morgan fingerprint density at radius 3 is 2.58 bits per heavy atom. The number of halogens is 4. The fraction of sp³-hybridized carbons (Fsp3) is 0.167. The van der Waals surface area contributed by atoms with Crippen LogP contribution in [0, 0.1) is 0 Å². The van der Waals surface area contributed by atoms with Crippen LogP contribution in [0.1, 0.15) is 12.0 Å². The van der Waals surface area contributed by atoms with Gasteiger partial charge in [0.05, 0.1) is 16.3 Å². The first-order valence-corrected chi connectivity index (χ1v) is 4.08. The Kier molecular flexibility index (Phi) is 2.85. The smallest absolute Gasteiger partial charge is 0.268 e. The molecule has 66 valence electrons. The van der Waals surface area contributed by atoms with Crippen LogP contribution in [0.25, 0.3) is 0 Å². The van der Waals surface area contributed by atoms with Crippen molar-refractivity contribution in [1.82, 2.24) is 4.98 Å². The van der Waals surface area contributed by atoms with Crippen LogP contribution in [0.15, 0.2) is 10.8 Å². The van der Waals surface area contributed by atoms with E-state index in [1.165, 1.54) is 6.20 Å². The van der Waals surface area contributed by atoms with Crippen LogP contribution >= 0.6 is 27.5 Å². The number of rotatable bonds is 1. The zero-order chi connectivity index (χ0) is 9.30. The lowest BCUT2D eigenvalue weighted by Crippen LogP contribution is -1.98. The summed E-state index contributed by atoms with van der Waals surface area (Å²) in [5.74, 6) is 0. The van der Waals surface area contributed by atoms with Crippen LogP contribution in [0.4, 0.5) is 14.5 Å². The highest BCUT2D eigenvalue weighted by molar-refractivity contribution is 9.10. The number of nitrogens with two attached hydrogens (primary N) is 1. The molecule has 6 heteroatoms. The van der Waals surface area contributed by atoms with E-state index < -0.39 is 6.43 Å². The molecule has 0 aromatic carbocycles. The SMILES string of the molecule is Nc1c(Cl)cnc(Br)c1C(F)F. The van der Waals surface area contributed by atoms with Gasteiger partial charge in [-0.3, -0.25) is 0 Å². The number of nitrogen functional groups attached to an aromatic ring is 1. The van der Waals surface area contributed by atoms with Gasteiger partial charge in [0.15, 0.2) is 0 Å². The Morgan fingerprint density at radius 2 is 2.17 bits per heavy atom. The normalized spacial score (nSPS) is 10.8. The van der Waals surface area contributed by atoms with E-state index in [2.05, 4.69) is 20.9 Å². The molecule has 0 aliphatic rings. The van der Waals surface area contributed by atoms with E-state index in [1.54, 1.807) is 0 Å². The van der Waals surface area contributed by atoms with Crippen molar-refractivity contribution in [3.8, 4) is 0 Å². The van der Waals surface area contributed by atoms with Gasteiger partial charge in [-0.25, -0.2) is 13.8 Å². The number of alkyl halides is 2.